The topological polar surface area (TPSA) is 9.23 Å². The van der Waals surface area contributed by atoms with Crippen LogP contribution in [0.25, 0.3) is 0 Å². The minimum atomic E-state index is 0.484. The highest BCUT2D eigenvalue weighted by atomic mass is 32.1. The van der Waals surface area contributed by atoms with Crippen molar-refractivity contribution in [1.29, 1.82) is 0 Å². The minimum Gasteiger partial charge on any atom is -0.381 e. The number of hydrogen-bond acceptors (Lipinski definition) is 2. The average molecular weight is 214 g/mol. The molecule has 0 radical (unpaired) electrons. The highest BCUT2D eigenvalue weighted by Gasteiger charge is 2.41. The quantitative estimate of drug-likeness (QED) is 0.691. The second-order valence-electron chi connectivity index (χ2n) is 5.18. The van der Waals surface area contributed by atoms with Crippen LogP contribution in [0.5, 0.6) is 0 Å². The van der Waals surface area contributed by atoms with Gasteiger partial charge in [-0.3, -0.25) is 0 Å². The maximum Gasteiger partial charge on any atom is 0.0530 e. The second-order valence-corrected chi connectivity index (χ2v) is 5.49. The molecule has 0 aromatic carbocycles. The van der Waals surface area contributed by atoms with Gasteiger partial charge in [-0.1, -0.05) is 19.3 Å². The van der Waals surface area contributed by atoms with Gasteiger partial charge in [0, 0.05) is 12.0 Å². The Morgan fingerprint density at radius 3 is 2.43 bits per heavy atom. The Hall–Kier alpha value is 0.310. The van der Waals surface area contributed by atoms with E-state index in [0.29, 0.717) is 5.41 Å². The van der Waals surface area contributed by atoms with E-state index in [-0.39, 0.29) is 0 Å². The summed E-state index contributed by atoms with van der Waals surface area (Å²) in [4.78, 5) is 0. The normalized spacial score (nSPS) is 26.4. The average Bonchev–Trinajstić information content (AvgIpc) is 3.00. The minimum absolute atomic E-state index is 0.484. The van der Waals surface area contributed by atoms with Crippen LogP contribution in [-0.2, 0) is 4.74 Å². The second kappa shape index (κ2) is 4.89. The zero-order valence-corrected chi connectivity index (χ0v) is 9.90. The van der Waals surface area contributed by atoms with Crippen molar-refractivity contribution in [2.45, 2.75) is 44.9 Å². The summed E-state index contributed by atoms with van der Waals surface area (Å²) < 4.78 is 5.84. The van der Waals surface area contributed by atoms with Gasteiger partial charge in [0.1, 0.15) is 0 Å². The Labute approximate surface area is 93.0 Å². The molecule has 0 unspecified atom stereocenters. The molecule has 2 rings (SSSR count). The van der Waals surface area contributed by atoms with Gasteiger partial charge in [0.05, 0.1) is 6.61 Å². The van der Waals surface area contributed by atoms with E-state index in [4.69, 9.17) is 4.74 Å². The molecule has 0 aromatic heterocycles. The fourth-order valence-electron chi connectivity index (χ4n) is 2.32. The van der Waals surface area contributed by atoms with Crippen molar-refractivity contribution in [1.82, 2.24) is 0 Å². The lowest BCUT2D eigenvalue weighted by Crippen LogP contribution is -2.18. The maximum atomic E-state index is 5.84. The van der Waals surface area contributed by atoms with Gasteiger partial charge < -0.3 is 4.74 Å². The molecule has 0 bridgehead atoms. The lowest BCUT2D eigenvalue weighted by atomic mass is 9.90. The summed E-state index contributed by atoms with van der Waals surface area (Å²) in [6.45, 7) is 1.97. The standard InChI is InChI=1S/C12H22OS/c14-10-12(6-7-12)9-13-8-11-4-2-1-3-5-11/h11,14H,1-10H2. The fourth-order valence-corrected chi connectivity index (χ4v) is 2.73. The highest BCUT2D eigenvalue weighted by Crippen LogP contribution is 2.46. The molecular formula is C12H22OS. The van der Waals surface area contributed by atoms with E-state index in [1.807, 2.05) is 0 Å². The summed E-state index contributed by atoms with van der Waals surface area (Å²) in [6, 6.07) is 0. The number of rotatable bonds is 5. The third kappa shape index (κ3) is 2.90. The first-order valence-corrected chi connectivity index (χ1v) is 6.66. The molecule has 0 saturated heterocycles. The molecule has 2 aliphatic rings. The molecular weight excluding hydrogens is 192 g/mol. The van der Waals surface area contributed by atoms with Gasteiger partial charge in [-0.15, -0.1) is 0 Å². The van der Waals surface area contributed by atoms with E-state index >= 15 is 0 Å². The van der Waals surface area contributed by atoms with Crippen LogP contribution in [0.15, 0.2) is 0 Å². The van der Waals surface area contributed by atoms with Crippen molar-refractivity contribution in [3.63, 3.8) is 0 Å². The molecule has 0 heterocycles. The fraction of sp³-hybridized carbons (Fsp3) is 1.00. The van der Waals surface area contributed by atoms with Crippen molar-refractivity contribution in [3.8, 4) is 0 Å². The van der Waals surface area contributed by atoms with Gasteiger partial charge in [0.25, 0.3) is 0 Å². The molecule has 82 valence electrons. The third-order valence-electron chi connectivity index (χ3n) is 3.78. The van der Waals surface area contributed by atoms with Crippen LogP contribution in [0, 0.1) is 11.3 Å². The van der Waals surface area contributed by atoms with Gasteiger partial charge in [0.2, 0.25) is 0 Å². The molecule has 2 heteroatoms. The molecule has 0 N–H and O–H groups in total. The Balaban J connectivity index is 1.58. The Kier molecular flexibility index (Phi) is 3.78. The first-order valence-electron chi connectivity index (χ1n) is 6.03. The van der Waals surface area contributed by atoms with E-state index in [2.05, 4.69) is 12.6 Å². The molecule has 14 heavy (non-hydrogen) atoms. The molecule has 2 saturated carbocycles. The Morgan fingerprint density at radius 2 is 1.86 bits per heavy atom. The zero-order chi connectivity index (χ0) is 9.86. The lowest BCUT2D eigenvalue weighted by Gasteiger charge is -2.22. The highest BCUT2D eigenvalue weighted by molar-refractivity contribution is 7.80. The van der Waals surface area contributed by atoms with E-state index < -0.39 is 0 Å². The first-order chi connectivity index (χ1) is 6.85. The van der Waals surface area contributed by atoms with Gasteiger partial charge in [-0.2, -0.15) is 12.6 Å². The van der Waals surface area contributed by atoms with Crippen LogP contribution in [0.4, 0.5) is 0 Å². The number of ether oxygens (including phenoxy) is 1. The van der Waals surface area contributed by atoms with Crippen LogP contribution in [0.1, 0.15) is 44.9 Å². The zero-order valence-electron chi connectivity index (χ0n) is 9.00. The molecule has 0 aliphatic heterocycles. The van der Waals surface area contributed by atoms with E-state index in [9.17, 15) is 0 Å². The van der Waals surface area contributed by atoms with E-state index in [1.54, 1.807) is 0 Å². The molecule has 0 amide bonds. The molecule has 0 aromatic rings. The third-order valence-corrected chi connectivity index (χ3v) is 4.45. The molecule has 2 fully saturated rings. The largest absolute Gasteiger partial charge is 0.381 e. The van der Waals surface area contributed by atoms with Crippen LogP contribution in [-0.4, -0.2) is 19.0 Å². The van der Waals surface area contributed by atoms with Crippen molar-refractivity contribution in [2.75, 3.05) is 19.0 Å². The van der Waals surface area contributed by atoms with E-state index in [1.165, 1.54) is 44.9 Å². The maximum absolute atomic E-state index is 5.84. The van der Waals surface area contributed by atoms with Crippen LogP contribution >= 0.6 is 12.6 Å². The smallest absolute Gasteiger partial charge is 0.0530 e. The first kappa shape index (κ1) is 10.8. The van der Waals surface area contributed by atoms with E-state index in [0.717, 1.165) is 24.9 Å². The van der Waals surface area contributed by atoms with Crippen LogP contribution in [0.3, 0.4) is 0 Å². The van der Waals surface area contributed by atoms with Crippen LogP contribution in [0.2, 0.25) is 0 Å². The molecule has 2 aliphatic carbocycles. The summed E-state index contributed by atoms with van der Waals surface area (Å²) in [6.07, 6.45) is 9.75. The van der Waals surface area contributed by atoms with Gasteiger partial charge in [0.15, 0.2) is 0 Å². The van der Waals surface area contributed by atoms with Crippen molar-refractivity contribution >= 4 is 12.6 Å². The SMILES string of the molecule is SCC1(COCC2CCCCC2)CC1. The summed E-state index contributed by atoms with van der Waals surface area (Å²) in [5.74, 6) is 1.87. The van der Waals surface area contributed by atoms with Crippen molar-refractivity contribution < 1.29 is 4.74 Å². The van der Waals surface area contributed by atoms with Gasteiger partial charge in [-0.25, -0.2) is 0 Å². The van der Waals surface area contributed by atoms with Gasteiger partial charge in [-0.05, 0) is 37.4 Å². The monoisotopic (exact) mass is 214 g/mol. The predicted molar refractivity (Wildman–Crippen MR) is 62.9 cm³/mol. The number of thiol groups is 1. The van der Waals surface area contributed by atoms with Crippen molar-refractivity contribution in [3.05, 3.63) is 0 Å². The predicted octanol–water partition coefficient (Wildman–Crippen LogP) is 3.29. The molecule has 1 nitrogen and oxygen atoms in total. The number of hydrogen-bond donors (Lipinski definition) is 1. The van der Waals surface area contributed by atoms with Crippen molar-refractivity contribution in [2.24, 2.45) is 11.3 Å². The lowest BCUT2D eigenvalue weighted by molar-refractivity contribution is 0.0591. The van der Waals surface area contributed by atoms with Gasteiger partial charge >= 0.3 is 0 Å². The van der Waals surface area contributed by atoms with Crippen LogP contribution < -0.4 is 0 Å². The molecule has 0 atom stereocenters. The summed E-state index contributed by atoms with van der Waals surface area (Å²) in [5.41, 5.74) is 0.484. The molecule has 0 spiro atoms. The summed E-state index contributed by atoms with van der Waals surface area (Å²) >= 11 is 4.38. The Bertz CT molecular complexity index is 171. The summed E-state index contributed by atoms with van der Waals surface area (Å²) in [5, 5.41) is 0. The Morgan fingerprint density at radius 1 is 1.14 bits per heavy atom. The summed E-state index contributed by atoms with van der Waals surface area (Å²) in [7, 11) is 0.